The van der Waals surface area contributed by atoms with Crippen LogP contribution in [0, 0.1) is 26.6 Å². The van der Waals surface area contributed by atoms with Gasteiger partial charge in [0.25, 0.3) is 5.91 Å². The second-order valence-electron chi connectivity index (χ2n) is 6.41. The van der Waals surface area contributed by atoms with Crippen molar-refractivity contribution in [2.75, 3.05) is 19.0 Å². The fourth-order valence-corrected chi connectivity index (χ4v) is 2.90. The highest BCUT2D eigenvalue weighted by atomic mass is 19.1. The Bertz CT molecular complexity index is 995. The topological polar surface area (TPSA) is 60.5 Å². The molecule has 0 aliphatic rings. The van der Waals surface area contributed by atoms with Gasteiger partial charge < -0.3 is 14.8 Å². The number of nitrogens with one attached hydrogen (secondary N) is 1. The molecule has 0 fully saturated rings. The third kappa shape index (κ3) is 4.16. The fourth-order valence-electron chi connectivity index (χ4n) is 2.90. The Kier molecular flexibility index (Phi) is 5.26. The van der Waals surface area contributed by atoms with Crippen LogP contribution in [0.15, 0.2) is 36.4 Å². The number of nitrogens with zero attached hydrogens (tertiary/aromatic N) is 1. The van der Waals surface area contributed by atoms with Crippen molar-refractivity contribution in [3.05, 3.63) is 59.0 Å². The van der Waals surface area contributed by atoms with E-state index in [1.165, 1.54) is 0 Å². The number of hydrogen-bond donors (Lipinski definition) is 1. The van der Waals surface area contributed by atoms with Gasteiger partial charge in [0.2, 0.25) is 0 Å². The molecule has 27 heavy (non-hydrogen) atoms. The largest absolute Gasteiger partial charge is 0.497 e. The second-order valence-corrected chi connectivity index (χ2v) is 6.41. The maximum atomic E-state index is 13.7. The molecule has 1 aromatic heterocycles. The van der Waals surface area contributed by atoms with Gasteiger partial charge in [0.05, 0.1) is 12.6 Å². The van der Waals surface area contributed by atoms with E-state index < -0.39 is 0 Å². The van der Waals surface area contributed by atoms with Crippen LogP contribution in [0.25, 0.3) is 10.9 Å². The minimum atomic E-state index is -0.328. The van der Waals surface area contributed by atoms with Crippen LogP contribution in [0.3, 0.4) is 0 Å². The quantitative estimate of drug-likeness (QED) is 0.728. The number of aromatic nitrogens is 1. The summed E-state index contributed by atoms with van der Waals surface area (Å²) in [6.45, 7) is 5.01. The summed E-state index contributed by atoms with van der Waals surface area (Å²) in [5, 5.41) is 3.50. The van der Waals surface area contributed by atoms with Crippen LogP contribution in [0.4, 0.5) is 10.1 Å². The molecule has 0 unspecified atom stereocenters. The molecule has 0 saturated carbocycles. The van der Waals surface area contributed by atoms with Crippen molar-refractivity contribution in [2.45, 2.75) is 20.8 Å². The smallest absolute Gasteiger partial charge is 0.262 e. The summed E-state index contributed by atoms with van der Waals surface area (Å²) in [6, 6.07) is 10.5. The molecule has 0 aliphatic heterocycles. The SMILES string of the molecule is COc1ccc2nc(C)cc(OCC(=O)Nc3cc(C)c(F)c(C)c3)c2c1. The molecule has 0 radical (unpaired) electrons. The standard InChI is InChI=1S/C21H21FN2O3/c1-12-7-15(8-13(2)21(12)22)24-20(25)11-27-19-9-14(3)23-18-6-5-16(26-4)10-17(18)19/h5-10H,11H2,1-4H3,(H,24,25). The number of anilines is 1. The second kappa shape index (κ2) is 7.61. The number of fused-ring (bicyclic) bond motifs is 1. The zero-order chi connectivity index (χ0) is 19.6. The summed E-state index contributed by atoms with van der Waals surface area (Å²) in [6.07, 6.45) is 0. The van der Waals surface area contributed by atoms with Crippen molar-refractivity contribution in [1.82, 2.24) is 4.98 Å². The van der Waals surface area contributed by atoms with E-state index in [0.29, 0.717) is 28.3 Å². The van der Waals surface area contributed by atoms with Crippen LogP contribution in [0.2, 0.25) is 0 Å². The average Bonchev–Trinajstić information content (AvgIpc) is 2.63. The van der Waals surface area contributed by atoms with Crippen LogP contribution >= 0.6 is 0 Å². The van der Waals surface area contributed by atoms with E-state index in [1.807, 2.05) is 25.1 Å². The van der Waals surface area contributed by atoms with Gasteiger partial charge in [-0.05, 0) is 62.2 Å². The molecule has 0 saturated heterocycles. The number of amides is 1. The van der Waals surface area contributed by atoms with Gasteiger partial charge in [-0.1, -0.05) is 0 Å². The van der Waals surface area contributed by atoms with Crippen molar-refractivity contribution >= 4 is 22.5 Å². The number of ether oxygens (including phenoxy) is 2. The highest BCUT2D eigenvalue weighted by Gasteiger charge is 2.11. The number of methoxy groups -OCH3 is 1. The maximum absolute atomic E-state index is 13.7. The first-order chi connectivity index (χ1) is 12.9. The van der Waals surface area contributed by atoms with Crippen molar-refractivity contribution < 1.29 is 18.7 Å². The first-order valence-corrected chi connectivity index (χ1v) is 8.52. The number of halogens is 1. The fraction of sp³-hybridized carbons (Fsp3) is 0.238. The Hall–Kier alpha value is -3.15. The molecule has 0 atom stereocenters. The van der Waals surface area contributed by atoms with Crippen molar-refractivity contribution in [2.24, 2.45) is 0 Å². The number of aryl methyl sites for hydroxylation is 3. The van der Waals surface area contributed by atoms with E-state index in [-0.39, 0.29) is 18.3 Å². The molecular weight excluding hydrogens is 347 g/mol. The highest BCUT2D eigenvalue weighted by molar-refractivity contribution is 5.93. The molecule has 1 heterocycles. The summed E-state index contributed by atoms with van der Waals surface area (Å²) in [5.41, 5.74) is 3.05. The summed E-state index contributed by atoms with van der Waals surface area (Å²) in [7, 11) is 1.59. The van der Waals surface area contributed by atoms with E-state index in [0.717, 1.165) is 16.6 Å². The molecule has 0 aliphatic carbocycles. The summed E-state index contributed by atoms with van der Waals surface area (Å²) in [5.74, 6) is 0.639. The molecule has 2 aromatic carbocycles. The molecule has 3 rings (SSSR count). The van der Waals surface area contributed by atoms with Crippen LogP contribution in [0.1, 0.15) is 16.8 Å². The molecule has 1 amide bonds. The monoisotopic (exact) mass is 368 g/mol. The van der Waals surface area contributed by atoms with E-state index in [9.17, 15) is 9.18 Å². The van der Waals surface area contributed by atoms with Crippen LogP contribution in [-0.4, -0.2) is 24.6 Å². The van der Waals surface area contributed by atoms with Crippen molar-refractivity contribution in [3.8, 4) is 11.5 Å². The predicted octanol–water partition coefficient (Wildman–Crippen LogP) is 4.33. The lowest BCUT2D eigenvalue weighted by molar-refractivity contribution is -0.118. The highest BCUT2D eigenvalue weighted by Crippen LogP contribution is 2.29. The van der Waals surface area contributed by atoms with Gasteiger partial charge in [0, 0.05) is 22.8 Å². The van der Waals surface area contributed by atoms with E-state index in [1.54, 1.807) is 39.2 Å². The normalized spacial score (nSPS) is 10.7. The summed E-state index contributed by atoms with van der Waals surface area (Å²) in [4.78, 5) is 16.7. The van der Waals surface area contributed by atoms with Crippen molar-refractivity contribution in [1.29, 1.82) is 0 Å². The van der Waals surface area contributed by atoms with Crippen LogP contribution in [-0.2, 0) is 4.79 Å². The van der Waals surface area contributed by atoms with Gasteiger partial charge in [0.1, 0.15) is 17.3 Å². The van der Waals surface area contributed by atoms with Gasteiger partial charge in [-0.2, -0.15) is 0 Å². The molecule has 0 spiro atoms. The third-order valence-electron chi connectivity index (χ3n) is 4.18. The van der Waals surface area contributed by atoms with Gasteiger partial charge in [-0.3, -0.25) is 9.78 Å². The van der Waals surface area contributed by atoms with Crippen molar-refractivity contribution in [3.63, 3.8) is 0 Å². The predicted molar refractivity (Wildman–Crippen MR) is 103 cm³/mol. The third-order valence-corrected chi connectivity index (χ3v) is 4.18. The molecule has 1 N–H and O–H groups in total. The van der Waals surface area contributed by atoms with Gasteiger partial charge in [-0.25, -0.2) is 4.39 Å². The Labute approximate surface area is 157 Å². The Balaban J connectivity index is 1.77. The Morgan fingerprint density at radius 2 is 1.81 bits per heavy atom. The Morgan fingerprint density at radius 3 is 2.48 bits per heavy atom. The van der Waals surface area contributed by atoms with E-state index in [2.05, 4.69) is 10.3 Å². The minimum Gasteiger partial charge on any atom is -0.497 e. The zero-order valence-corrected chi connectivity index (χ0v) is 15.7. The summed E-state index contributed by atoms with van der Waals surface area (Å²) >= 11 is 0. The van der Waals surface area contributed by atoms with Gasteiger partial charge in [0.15, 0.2) is 6.61 Å². The maximum Gasteiger partial charge on any atom is 0.262 e. The summed E-state index contributed by atoms with van der Waals surface area (Å²) < 4.78 is 24.7. The van der Waals surface area contributed by atoms with Crippen LogP contribution in [0.5, 0.6) is 11.5 Å². The lowest BCUT2D eigenvalue weighted by Gasteiger charge is -2.12. The van der Waals surface area contributed by atoms with E-state index in [4.69, 9.17) is 9.47 Å². The average molecular weight is 368 g/mol. The minimum absolute atomic E-state index is 0.175. The molecule has 3 aromatic rings. The number of pyridine rings is 1. The molecule has 6 heteroatoms. The Morgan fingerprint density at radius 1 is 1.11 bits per heavy atom. The first kappa shape index (κ1) is 18.6. The number of carbonyl (C=O) groups excluding carboxylic acids is 1. The molecular formula is C21H21FN2O3. The molecule has 0 bridgehead atoms. The lowest BCUT2D eigenvalue weighted by atomic mass is 10.1. The zero-order valence-electron chi connectivity index (χ0n) is 15.7. The van der Waals surface area contributed by atoms with Gasteiger partial charge in [-0.15, -0.1) is 0 Å². The number of carbonyl (C=O) groups is 1. The van der Waals surface area contributed by atoms with Gasteiger partial charge >= 0.3 is 0 Å². The number of benzene rings is 2. The first-order valence-electron chi connectivity index (χ1n) is 8.52. The number of rotatable bonds is 5. The van der Waals surface area contributed by atoms with E-state index >= 15 is 0 Å². The molecule has 140 valence electrons. The number of hydrogen-bond acceptors (Lipinski definition) is 4. The lowest BCUT2D eigenvalue weighted by Crippen LogP contribution is -2.20. The van der Waals surface area contributed by atoms with Crippen LogP contribution < -0.4 is 14.8 Å². The molecule has 5 nitrogen and oxygen atoms in total.